The van der Waals surface area contributed by atoms with E-state index in [0.29, 0.717) is 48.9 Å². The Labute approximate surface area is 209 Å². The van der Waals surface area contributed by atoms with E-state index in [9.17, 15) is 28.2 Å². The summed E-state index contributed by atoms with van der Waals surface area (Å²) in [7, 11) is 0. The molecule has 1 aliphatic carbocycles. The number of pyridine rings is 1. The minimum atomic E-state index is -4.43. The standard InChI is InChI=1S/C23H27F3N8O3/c1-2-27-22(37)14-7-15(19(36)18(14)35)34-11-31-17-20(29-10-30-21(17)34)32-13-5-6-33(9-13)16-4-3-12(8-28-16)23(24,25)26/h3-4,8,10-11,13-15,18-19,35-36H,2,5-7,9H2,1H3,(H,27,37)(H,29,30,32)/t13?,14-,15+,18+,19-/m0/s1. The van der Waals surface area contributed by atoms with Gasteiger partial charge in [-0.3, -0.25) is 4.79 Å². The summed E-state index contributed by atoms with van der Waals surface area (Å²) in [6.07, 6.45) is -2.17. The number of nitrogens with one attached hydrogen (secondary N) is 2. The summed E-state index contributed by atoms with van der Waals surface area (Å²) >= 11 is 0. The van der Waals surface area contributed by atoms with Crippen LogP contribution < -0.4 is 15.5 Å². The van der Waals surface area contributed by atoms with Gasteiger partial charge in [-0.15, -0.1) is 0 Å². The molecule has 4 N–H and O–H groups in total. The van der Waals surface area contributed by atoms with E-state index in [1.54, 1.807) is 11.5 Å². The first kappa shape index (κ1) is 25.1. The summed E-state index contributed by atoms with van der Waals surface area (Å²) in [5.74, 6) is -0.125. The lowest BCUT2D eigenvalue weighted by molar-refractivity contribution is -0.137. The van der Waals surface area contributed by atoms with Gasteiger partial charge in [0, 0.05) is 31.9 Å². The number of aliphatic hydroxyl groups is 2. The lowest BCUT2D eigenvalue weighted by Crippen LogP contribution is -2.38. The minimum Gasteiger partial charge on any atom is -0.390 e. The van der Waals surface area contributed by atoms with Gasteiger partial charge in [0.05, 0.1) is 30.0 Å². The van der Waals surface area contributed by atoms with Crippen LogP contribution >= 0.6 is 0 Å². The predicted molar refractivity (Wildman–Crippen MR) is 127 cm³/mol. The van der Waals surface area contributed by atoms with Crippen molar-refractivity contribution in [1.82, 2.24) is 29.8 Å². The molecule has 4 heterocycles. The highest BCUT2D eigenvalue weighted by atomic mass is 19.4. The fourth-order valence-electron chi connectivity index (χ4n) is 5.07. The number of anilines is 2. The molecule has 2 aliphatic rings. The van der Waals surface area contributed by atoms with E-state index in [1.165, 1.54) is 18.7 Å². The number of fused-ring (bicyclic) bond motifs is 1. The van der Waals surface area contributed by atoms with Crippen molar-refractivity contribution in [1.29, 1.82) is 0 Å². The molecule has 1 saturated heterocycles. The molecule has 0 bridgehead atoms. The van der Waals surface area contributed by atoms with Crippen LogP contribution in [0.3, 0.4) is 0 Å². The molecular formula is C23H27F3N8O3. The van der Waals surface area contributed by atoms with Crippen molar-refractivity contribution in [2.24, 2.45) is 5.92 Å². The number of hydrogen-bond acceptors (Lipinski definition) is 9. The largest absolute Gasteiger partial charge is 0.417 e. The molecule has 1 amide bonds. The fourth-order valence-corrected chi connectivity index (χ4v) is 5.07. The van der Waals surface area contributed by atoms with Crippen LogP contribution in [0.15, 0.2) is 31.0 Å². The number of halogens is 3. The summed E-state index contributed by atoms with van der Waals surface area (Å²) in [5.41, 5.74) is 0.127. The molecule has 2 fully saturated rings. The van der Waals surface area contributed by atoms with Gasteiger partial charge in [-0.05, 0) is 31.9 Å². The Bertz CT molecular complexity index is 1270. The van der Waals surface area contributed by atoms with Crippen LogP contribution in [-0.2, 0) is 11.0 Å². The highest BCUT2D eigenvalue weighted by Gasteiger charge is 2.46. The lowest BCUT2D eigenvalue weighted by Gasteiger charge is -2.19. The van der Waals surface area contributed by atoms with E-state index in [4.69, 9.17) is 0 Å². The zero-order valence-electron chi connectivity index (χ0n) is 19.9. The Morgan fingerprint density at radius 1 is 1.16 bits per heavy atom. The average molecular weight is 521 g/mol. The quantitative estimate of drug-likeness (QED) is 0.379. The van der Waals surface area contributed by atoms with Gasteiger partial charge in [-0.25, -0.2) is 19.9 Å². The molecule has 1 aliphatic heterocycles. The third-order valence-corrected chi connectivity index (χ3v) is 6.98. The molecule has 1 saturated carbocycles. The third-order valence-electron chi connectivity index (χ3n) is 6.98. The Kier molecular flexibility index (Phi) is 6.62. The number of carbonyl (C=O) groups is 1. The maximum atomic E-state index is 12.8. The average Bonchev–Trinajstić information content (AvgIpc) is 3.58. The van der Waals surface area contributed by atoms with Crippen LogP contribution in [0.4, 0.5) is 24.8 Å². The zero-order valence-corrected chi connectivity index (χ0v) is 19.9. The van der Waals surface area contributed by atoms with Gasteiger partial charge in [0.2, 0.25) is 5.91 Å². The number of amides is 1. The maximum absolute atomic E-state index is 12.8. The Morgan fingerprint density at radius 2 is 1.97 bits per heavy atom. The van der Waals surface area contributed by atoms with Crippen molar-refractivity contribution >= 4 is 28.7 Å². The molecule has 3 aromatic heterocycles. The molecule has 11 nitrogen and oxygen atoms in total. The molecule has 37 heavy (non-hydrogen) atoms. The lowest BCUT2D eigenvalue weighted by atomic mass is 10.0. The molecule has 0 aromatic carbocycles. The van der Waals surface area contributed by atoms with Crippen molar-refractivity contribution in [2.75, 3.05) is 29.9 Å². The Morgan fingerprint density at radius 3 is 2.68 bits per heavy atom. The van der Waals surface area contributed by atoms with Gasteiger partial charge in [-0.2, -0.15) is 13.2 Å². The number of aromatic nitrogens is 5. The smallest absolute Gasteiger partial charge is 0.390 e. The number of hydrogen-bond donors (Lipinski definition) is 4. The van der Waals surface area contributed by atoms with Crippen molar-refractivity contribution < 1.29 is 28.2 Å². The maximum Gasteiger partial charge on any atom is 0.417 e. The van der Waals surface area contributed by atoms with Crippen molar-refractivity contribution in [3.05, 3.63) is 36.5 Å². The van der Waals surface area contributed by atoms with E-state index in [2.05, 4.69) is 30.6 Å². The fraction of sp³-hybridized carbons (Fsp3) is 0.522. The summed E-state index contributed by atoms with van der Waals surface area (Å²) in [6.45, 7) is 3.32. The molecule has 198 valence electrons. The predicted octanol–water partition coefficient (Wildman–Crippen LogP) is 1.35. The van der Waals surface area contributed by atoms with Crippen molar-refractivity contribution in [3.63, 3.8) is 0 Å². The third kappa shape index (κ3) is 4.78. The number of carbonyl (C=O) groups excluding carboxylic acids is 1. The second kappa shape index (κ2) is 9.74. The van der Waals surface area contributed by atoms with Gasteiger partial charge in [0.25, 0.3) is 0 Å². The number of aliphatic hydroxyl groups excluding tert-OH is 2. The Balaban J connectivity index is 1.30. The first-order valence-electron chi connectivity index (χ1n) is 12.0. The number of nitrogens with zero attached hydrogens (tertiary/aromatic N) is 6. The second-order valence-corrected chi connectivity index (χ2v) is 9.31. The zero-order chi connectivity index (χ0) is 26.3. The van der Waals surface area contributed by atoms with Gasteiger partial charge < -0.3 is 30.3 Å². The second-order valence-electron chi connectivity index (χ2n) is 9.31. The summed E-state index contributed by atoms with van der Waals surface area (Å²) in [6, 6.07) is 1.73. The summed E-state index contributed by atoms with van der Waals surface area (Å²) in [4.78, 5) is 31.3. The summed E-state index contributed by atoms with van der Waals surface area (Å²) < 4.78 is 40.1. The number of rotatable bonds is 6. The topological polar surface area (TPSA) is 141 Å². The van der Waals surface area contributed by atoms with E-state index in [-0.39, 0.29) is 18.4 Å². The van der Waals surface area contributed by atoms with Crippen LogP contribution in [-0.4, -0.2) is 78.5 Å². The van der Waals surface area contributed by atoms with Crippen molar-refractivity contribution in [3.8, 4) is 0 Å². The Hall–Kier alpha value is -3.52. The number of alkyl halides is 3. The monoisotopic (exact) mass is 520 g/mol. The van der Waals surface area contributed by atoms with Crippen LogP contribution in [0.5, 0.6) is 0 Å². The van der Waals surface area contributed by atoms with Gasteiger partial charge in [0.1, 0.15) is 23.8 Å². The molecule has 3 aromatic rings. The van der Waals surface area contributed by atoms with Crippen molar-refractivity contribution in [2.45, 2.75) is 50.2 Å². The van der Waals surface area contributed by atoms with E-state index in [1.807, 2.05) is 4.90 Å². The van der Waals surface area contributed by atoms with E-state index < -0.39 is 35.9 Å². The number of imidazole rings is 1. The van der Waals surface area contributed by atoms with Crippen LogP contribution in [0, 0.1) is 5.92 Å². The molecule has 5 rings (SSSR count). The van der Waals surface area contributed by atoms with Gasteiger partial charge >= 0.3 is 6.18 Å². The first-order valence-corrected chi connectivity index (χ1v) is 12.0. The van der Waals surface area contributed by atoms with Gasteiger partial charge in [0.15, 0.2) is 11.5 Å². The molecule has 0 spiro atoms. The summed E-state index contributed by atoms with van der Waals surface area (Å²) in [5, 5.41) is 27.1. The van der Waals surface area contributed by atoms with E-state index in [0.717, 1.165) is 12.3 Å². The molecule has 5 atom stereocenters. The molecular weight excluding hydrogens is 493 g/mol. The van der Waals surface area contributed by atoms with E-state index >= 15 is 0 Å². The molecule has 14 heteroatoms. The SMILES string of the molecule is CCNC(=O)[C@H]1C[C@@H](n2cnc3c(NC4CCN(c5ccc(C(F)(F)F)cn5)C4)ncnc32)[C@H](O)[C@@H]1O. The minimum absolute atomic E-state index is 0.0617. The van der Waals surface area contributed by atoms with Crippen LogP contribution in [0.25, 0.3) is 11.2 Å². The van der Waals surface area contributed by atoms with Crippen LogP contribution in [0.1, 0.15) is 31.4 Å². The molecule has 0 radical (unpaired) electrons. The van der Waals surface area contributed by atoms with Crippen LogP contribution in [0.2, 0.25) is 0 Å². The molecule has 1 unspecified atom stereocenters. The van der Waals surface area contributed by atoms with Gasteiger partial charge in [-0.1, -0.05) is 0 Å². The normalized spacial score (nSPS) is 26.1. The first-order chi connectivity index (χ1) is 17.7. The highest BCUT2D eigenvalue weighted by molar-refractivity contribution is 5.83. The highest BCUT2D eigenvalue weighted by Crippen LogP contribution is 2.37.